The minimum atomic E-state index is -0.690. The van der Waals surface area contributed by atoms with E-state index in [9.17, 15) is 14.9 Å². The molecule has 1 atom stereocenters. The van der Waals surface area contributed by atoms with Crippen molar-refractivity contribution >= 4 is 17.5 Å². The van der Waals surface area contributed by atoms with Gasteiger partial charge in [0.25, 0.3) is 5.69 Å². The number of hydrogen-bond acceptors (Lipinski definition) is 7. The van der Waals surface area contributed by atoms with E-state index >= 15 is 0 Å². The van der Waals surface area contributed by atoms with Gasteiger partial charge in [0.2, 0.25) is 5.88 Å². The van der Waals surface area contributed by atoms with E-state index < -0.39 is 17.0 Å². The molecule has 0 amide bonds. The molecule has 21 heavy (non-hydrogen) atoms. The Labute approximate surface area is 119 Å². The number of esters is 1. The van der Waals surface area contributed by atoms with Gasteiger partial charge in [0.1, 0.15) is 11.7 Å². The van der Waals surface area contributed by atoms with Gasteiger partial charge in [0, 0.05) is 12.1 Å². The van der Waals surface area contributed by atoms with Crippen LogP contribution in [0.25, 0.3) is 0 Å². The number of carbonyl (C=O) groups is 1. The fourth-order valence-corrected chi connectivity index (χ4v) is 1.81. The third-order valence-corrected chi connectivity index (χ3v) is 2.93. The molecular weight excluding hydrogens is 278 g/mol. The predicted molar refractivity (Wildman–Crippen MR) is 72.6 cm³/mol. The molecule has 2 aromatic rings. The number of ether oxygens (including phenoxy) is 1. The molecule has 1 aromatic carbocycles. The third-order valence-electron chi connectivity index (χ3n) is 2.93. The summed E-state index contributed by atoms with van der Waals surface area (Å²) in [7, 11) is 0. The lowest BCUT2D eigenvalue weighted by molar-refractivity contribution is -0.385. The number of carbonyl (C=O) groups excluding carboxylic acids is 1. The van der Waals surface area contributed by atoms with E-state index in [0.717, 1.165) is 0 Å². The van der Waals surface area contributed by atoms with Crippen LogP contribution >= 0.6 is 0 Å². The van der Waals surface area contributed by atoms with Crippen LogP contribution in [0.4, 0.5) is 11.6 Å². The van der Waals surface area contributed by atoms with Crippen molar-refractivity contribution in [2.75, 3.05) is 5.73 Å². The van der Waals surface area contributed by atoms with Gasteiger partial charge in [-0.2, -0.15) is 0 Å². The fraction of sp³-hybridized carbons (Fsp3) is 0.231. The van der Waals surface area contributed by atoms with Crippen molar-refractivity contribution in [2.24, 2.45) is 0 Å². The van der Waals surface area contributed by atoms with E-state index in [2.05, 4.69) is 5.16 Å². The van der Waals surface area contributed by atoms with Crippen LogP contribution in [0.15, 0.2) is 28.8 Å². The third kappa shape index (κ3) is 2.99. The van der Waals surface area contributed by atoms with Gasteiger partial charge in [-0.1, -0.05) is 17.3 Å². The maximum Gasteiger partial charge on any atom is 0.346 e. The molecule has 0 saturated carbocycles. The first kappa shape index (κ1) is 14.5. The van der Waals surface area contributed by atoms with Crippen LogP contribution in [-0.4, -0.2) is 16.0 Å². The highest BCUT2D eigenvalue weighted by atomic mass is 16.6. The average Bonchev–Trinajstić information content (AvgIpc) is 2.78. The van der Waals surface area contributed by atoms with Crippen molar-refractivity contribution in [3.63, 3.8) is 0 Å². The van der Waals surface area contributed by atoms with Crippen molar-refractivity contribution in [1.29, 1.82) is 0 Å². The summed E-state index contributed by atoms with van der Waals surface area (Å²) in [6.45, 7) is 3.17. The summed E-state index contributed by atoms with van der Waals surface area (Å²) in [4.78, 5) is 22.2. The van der Waals surface area contributed by atoms with Gasteiger partial charge in [0.05, 0.1) is 10.6 Å². The maximum atomic E-state index is 12.0. The van der Waals surface area contributed by atoms with Crippen molar-refractivity contribution in [2.45, 2.75) is 20.0 Å². The summed E-state index contributed by atoms with van der Waals surface area (Å²) in [6, 6.07) is 5.87. The number of nitrogens with zero attached hydrogens (tertiary/aromatic N) is 2. The molecule has 0 unspecified atom stereocenters. The smallest absolute Gasteiger partial charge is 0.346 e. The van der Waals surface area contributed by atoms with Gasteiger partial charge in [-0.15, -0.1) is 0 Å². The molecular formula is C13H13N3O5. The molecule has 0 spiro atoms. The summed E-state index contributed by atoms with van der Waals surface area (Å²) < 4.78 is 9.93. The molecule has 2 N–H and O–H groups in total. The Morgan fingerprint density at radius 1 is 1.52 bits per heavy atom. The monoisotopic (exact) mass is 291 g/mol. The maximum absolute atomic E-state index is 12.0. The minimum Gasteiger partial charge on any atom is -0.454 e. The van der Waals surface area contributed by atoms with Crippen LogP contribution < -0.4 is 5.73 Å². The molecule has 0 bridgehead atoms. The van der Waals surface area contributed by atoms with Crippen LogP contribution in [-0.2, 0) is 4.74 Å². The van der Waals surface area contributed by atoms with Crippen LogP contribution in [0.3, 0.4) is 0 Å². The van der Waals surface area contributed by atoms with Crippen LogP contribution in [0, 0.1) is 17.0 Å². The summed E-state index contributed by atoms with van der Waals surface area (Å²) in [5, 5.41) is 14.3. The van der Waals surface area contributed by atoms with Crippen LogP contribution in [0.5, 0.6) is 0 Å². The second-order valence-electron chi connectivity index (χ2n) is 4.41. The summed E-state index contributed by atoms with van der Waals surface area (Å²) >= 11 is 0. The molecule has 110 valence electrons. The first-order valence-electron chi connectivity index (χ1n) is 6.07. The molecule has 0 saturated heterocycles. The molecule has 0 aliphatic rings. The van der Waals surface area contributed by atoms with Crippen LogP contribution in [0.2, 0.25) is 0 Å². The summed E-state index contributed by atoms with van der Waals surface area (Å²) in [5.41, 5.74) is 6.32. The zero-order valence-electron chi connectivity index (χ0n) is 11.4. The topological polar surface area (TPSA) is 121 Å². The van der Waals surface area contributed by atoms with E-state index in [1.165, 1.54) is 18.2 Å². The van der Waals surface area contributed by atoms with E-state index in [4.69, 9.17) is 15.0 Å². The van der Waals surface area contributed by atoms with E-state index in [0.29, 0.717) is 11.3 Å². The lowest BCUT2D eigenvalue weighted by Crippen LogP contribution is -2.11. The summed E-state index contributed by atoms with van der Waals surface area (Å²) in [6.07, 6.45) is -0.675. The predicted octanol–water partition coefficient (Wildman–Crippen LogP) is 2.39. The van der Waals surface area contributed by atoms with Gasteiger partial charge in [-0.3, -0.25) is 10.1 Å². The zero-order valence-corrected chi connectivity index (χ0v) is 11.4. The second-order valence-corrected chi connectivity index (χ2v) is 4.41. The van der Waals surface area contributed by atoms with Gasteiger partial charge in [0.15, 0.2) is 0 Å². The highest BCUT2D eigenvalue weighted by Gasteiger charge is 2.23. The Hall–Kier alpha value is -2.90. The van der Waals surface area contributed by atoms with Crippen molar-refractivity contribution in [1.82, 2.24) is 5.16 Å². The minimum absolute atomic E-state index is 0.0623. The van der Waals surface area contributed by atoms with Gasteiger partial charge >= 0.3 is 5.97 Å². The lowest BCUT2D eigenvalue weighted by Gasteiger charge is -2.13. The molecule has 0 radical (unpaired) electrons. The quantitative estimate of drug-likeness (QED) is 0.521. The number of nitrogen functional groups attached to an aromatic ring is 1. The first-order valence-corrected chi connectivity index (χ1v) is 6.07. The molecule has 1 heterocycles. The number of anilines is 1. The Morgan fingerprint density at radius 3 is 2.81 bits per heavy atom. The fourth-order valence-electron chi connectivity index (χ4n) is 1.81. The number of aryl methyl sites for hydroxylation is 1. The number of hydrogen-bond donors (Lipinski definition) is 1. The van der Waals surface area contributed by atoms with Crippen LogP contribution in [0.1, 0.15) is 34.6 Å². The number of nitro benzene ring substituents is 1. The number of nitro groups is 1. The SMILES string of the molecule is Cc1noc(N)c1C(=O)O[C@H](C)c1cccc([N+](=O)[O-])c1. The van der Waals surface area contributed by atoms with Crippen molar-refractivity contribution < 1.29 is 19.0 Å². The molecule has 0 fully saturated rings. The average molecular weight is 291 g/mol. The molecule has 0 aliphatic carbocycles. The number of benzene rings is 1. The highest BCUT2D eigenvalue weighted by molar-refractivity contribution is 5.94. The molecule has 0 aliphatic heterocycles. The van der Waals surface area contributed by atoms with Gasteiger partial charge in [-0.25, -0.2) is 4.79 Å². The second kappa shape index (κ2) is 5.61. The largest absolute Gasteiger partial charge is 0.454 e. The molecule has 8 heteroatoms. The lowest BCUT2D eigenvalue weighted by atomic mass is 10.1. The van der Waals surface area contributed by atoms with Crippen molar-refractivity contribution in [3.8, 4) is 0 Å². The Kier molecular flexibility index (Phi) is 3.88. The Morgan fingerprint density at radius 2 is 2.24 bits per heavy atom. The van der Waals surface area contributed by atoms with Gasteiger partial charge in [-0.05, 0) is 19.4 Å². The number of nitrogens with two attached hydrogens (primary N) is 1. The molecule has 2 rings (SSSR count). The molecule has 1 aromatic heterocycles. The number of non-ortho nitro benzene ring substituents is 1. The van der Waals surface area contributed by atoms with Crippen molar-refractivity contribution in [3.05, 3.63) is 51.2 Å². The number of rotatable bonds is 4. The number of aromatic nitrogens is 1. The summed E-state index contributed by atoms with van der Waals surface area (Å²) in [5.74, 6) is -0.811. The van der Waals surface area contributed by atoms with Gasteiger partial charge < -0.3 is 15.0 Å². The molecule has 8 nitrogen and oxygen atoms in total. The zero-order chi connectivity index (χ0) is 15.6. The standard InChI is InChI=1S/C13H13N3O5/c1-7-11(12(14)21-15-7)13(17)20-8(2)9-4-3-5-10(6-9)16(18)19/h3-6,8H,14H2,1-2H3/t8-/m1/s1. The Bertz CT molecular complexity index is 675. The highest BCUT2D eigenvalue weighted by Crippen LogP contribution is 2.24. The first-order chi connectivity index (χ1) is 9.90. The van der Waals surface area contributed by atoms with E-state index in [-0.39, 0.29) is 17.1 Å². The van der Waals surface area contributed by atoms with E-state index in [1.807, 2.05) is 0 Å². The Balaban J connectivity index is 2.18. The van der Waals surface area contributed by atoms with E-state index in [1.54, 1.807) is 19.9 Å². The normalized spacial score (nSPS) is 11.9.